The highest BCUT2D eigenvalue weighted by Crippen LogP contribution is 2.52. The van der Waals surface area contributed by atoms with Gasteiger partial charge in [0.15, 0.2) is 0 Å². The maximum absolute atomic E-state index is 14.2. The van der Waals surface area contributed by atoms with Crippen molar-refractivity contribution in [2.24, 2.45) is 5.41 Å². The first kappa shape index (κ1) is 24.9. The summed E-state index contributed by atoms with van der Waals surface area (Å²) in [6.07, 6.45) is 3.99. The second kappa shape index (κ2) is 9.80. The van der Waals surface area contributed by atoms with Gasteiger partial charge in [0.1, 0.15) is 12.0 Å². The van der Waals surface area contributed by atoms with E-state index < -0.39 is 16.4 Å². The number of allylic oxidation sites excluding steroid dienone is 1. The largest absolute Gasteiger partial charge is 0.288 e. The molecule has 1 aliphatic rings. The minimum atomic E-state index is -0.756. The number of carbonyl (C=O) groups excluding carboxylic acids is 1. The number of hydrogen-bond acceptors (Lipinski definition) is 4. The maximum Gasteiger partial charge on any atom is 0.287 e. The molecule has 3 unspecified atom stereocenters. The zero-order chi connectivity index (χ0) is 25.3. The third-order valence-corrected chi connectivity index (χ3v) is 7.11. The number of piperidine rings is 1. The molecule has 1 fully saturated rings. The molecule has 4 rings (SSSR count). The quantitative estimate of drug-likeness (QED) is 0.196. The fraction of sp³-hybridized carbons (Fsp3) is 0.259. The van der Waals surface area contributed by atoms with E-state index >= 15 is 0 Å². The van der Waals surface area contributed by atoms with E-state index in [1.54, 1.807) is 30.0 Å². The number of aromatic nitrogens is 1. The van der Waals surface area contributed by atoms with Gasteiger partial charge in [-0.2, -0.15) is 0 Å². The van der Waals surface area contributed by atoms with Gasteiger partial charge >= 0.3 is 0 Å². The maximum atomic E-state index is 14.2. The monoisotopic (exact) mass is 509 g/mol. The summed E-state index contributed by atoms with van der Waals surface area (Å²) >= 11 is 12.6. The van der Waals surface area contributed by atoms with Gasteiger partial charge in [-0.25, -0.2) is 4.98 Å². The highest BCUT2D eigenvalue weighted by molar-refractivity contribution is 6.30. The summed E-state index contributed by atoms with van der Waals surface area (Å²) in [5.74, 6) is 0.150. The average molecular weight is 510 g/mol. The Morgan fingerprint density at radius 2 is 1.89 bits per heavy atom. The van der Waals surface area contributed by atoms with Crippen LogP contribution in [0.5, 0.6) is 0 Å². The van der Waals surface area contributed by atoms with Crippen molar-refractivity contribution in [1.29, 1.82) is 0 Å². The Morgan fingerprint density at radius 3 is 2.49 bits per heavy atom. The molecule has 3 atom stereocenters. The lowest BCUT2D eigenvalue weighted by atomic mass is 9.67. The summed E-state index contributed by atoms with van der Waals surface area (Å²) in [5, 5.41) is 12.5. The number of anilines is 1. The van der Waals surface area contributed by atoms with Crippen LogP contribution in [0.25, 0.3) is 0 Å². The van der Waals surface area contributed by atoms with E-state index in [-0.39, 0.29) is 17.5 Å². The smallest absolute Gasteiger partial charge is 0.287 e. The fourth-order valence-electron chi connectivity index (χ4n) is 4.98. The van der Waals surface area contributed by atoms with Crippen LogP contribution in [0.15, 0.2) is 73.4 Å². The standard InChI is InChI=1S/C27H25Cl2N3O3/c1-4-12-27(3)15-23(19-6-5-7-21(29)14-19)24(18-8-10-20(28)11-9-18)31(26(27)33)25-17(2)13-22(16-30-25)32(34)35/h4-11,13-14,16,23-24H,1,12,15H2,2-3H3. The molecule has 1 amide bonds. The van der Waals surface area contributed by atoms with Crippen LogP contribution >= 0.6 is 23.2 Å². The highest BCUT2D eigenvalue weighted by atomic mass is 35.5. The van der Waals surface area contributed by atoms with Crippen molar-refractivity contribution < 1.29 is 9.72 Å². The molecular formula is C27H25Cl2N3O3. The Kier molecular flexibility index (Phi) is 6.97. The Labute approximate surface area is 214 Å². The lowest BCUT2D eigenvalue weighted by Crippen LogP contribution is -2.52. The molecule has 6 nitrogen and oxygen atoms in total. The van der Waals surface area contributed by atoms with Gasteiger partial charge in [0.05, 0.1) is 16.4 Å². The van der Waals surface area contributed by atoms with Crippen molar-refractivity contribution in [2.45, 2.75) is 38.6 Å². The van der Waals surface area contributed by atoms with E-state index in [4.69, 9.17) is 23.2 Å². The first-order valence-corrected chi connectivity index (χ1v) is 12.0. The van der Waals surface area contributed by atoms with Crippen molar-refractivity contribution >= 4 is 40.6 Å². The zero-order valence-corrected chi connectivity index (χ0v) is 21.0. The normalized spacial score (nSPS) is 22.2. The number of nitro groups is 1. The van der Waals surface area contributed by atoms with Gasteiger partial charge in [-0.05, 0) is 60.7 Å². The Morgan fingerprint density at radius 1 is 1.17 bits per heavy atom. The molecule has 0 saturated carbocycles. The van der Waals surface area contributed by atoms with E-state index in [2.05, 4.69) is 11.6 Å². The molecule has 2 heterocycles. The Bertz CT molecular complexity index is 1300. The van der Waals surface area contributed by atoms with Crippen LogP contribution in [0.1, 0.15) is 48.4 Å². The molecule has 1 aliphatic heterocycles. The minimum Gasteiger partial charge on any atom is -0.288 e. The van der Waals surface area contributed by atoms with Crippen LogP contribution in [-0.4, -0.2) is 15.8 Å². The van der Waals surface area contributed by atoms with Crippen LogP contribution in [0, 0.1) is 22.5 Å². The van der Waals surface area contributed by atoms with Crippen LogP contribution in [0.3, 0.4) is 0 Å². The number of aryl methyl sites for hydroxylation is 1. The number of benzene rings is 2. The van der Waals surface area contributed by atoms with Crippen molar-refractivity contribution in [3.63, 3.8) is 0 Å². The molecule has 2 aromatic carbocycles. The van der Waals surface area contributed by atoms with Crippen molar-refractivity contribution in [2.75, 3.05) is 4.90 Å². The van der Waals surface area contributed by atoms with E-state index in [0.29, 0.717) is 34.3 Å². The number of halogens is 2. The third kappa shape index (κ3) is 4.81. The average Bonchev–Trinajstić information content (AvgIpc) is 2.82. The Balaban J connectivity index is 1.97. The van der Waals surface area contributed by atoms with Crippen molar-refractivity contribution in [3.8, 4) is 0 Å². The second-order valence-electron chi connectivity index (χ2n) is 9.18. The molecule has 3 aromatic rings. The molecule has 180 valence electrons. The third-order valence-electron chi connectivity index (χ3n) is 6.62. The Hall–Kier alpha value is -3.22. The van der Waals surface area contributed by atoms with Gasteiger partial charge in [-0.3, -0.25) is 19.8 Å². The van der Waals surface area contributed by atoms with E-state index in [1.165, 1.54) is 12.3 Å². The van der Waals surface area contributed by atoms with E-state index in [0.717, 1.165) is 11.1 Å². The van der Waals surface area contributed by atoms with Gasteiger partial charge in [0.2, 0.25) is 5.91 Å². The molecule has 35 heavy (non-hydrogen) atoms. The molecule has 1 saturated heterocycles. The van der Waals surface area contributed by atoms with E-state index in [9.17, 15) is 14.9 Å². The number of rotatable bonds is 6. The van der Waals surface area contributed by atoms with Crippen LogP contribution in [0.4, 0.5) is 11.5 Å². The van der Waals surface area contributed by atoms with Gasteiger partial charge < -0.3 is 0 Å². The summed E-state index contributed by atoms with van der Waals surface area (Å²) in [5.41, 5.74) is 1.53. The van der Waals surface area contributed by atoms with E-state index in [1.807, 2.05) is 43.3 Å². The summed E-state index contributed by atoms with van der Waals surface area (Å²) in [6.45, 7) is 7.54. The fourth-order valence-corrected chi connectivity index (χ4v) is 5.31. The number of amides is 1. The summed E-state index contributed by atoms with van der Waals surface area (Å²) in [7, 11) is 0. The number of hydrogen-bond donors (Lipinski definition) is 0. The molecule has 0 radical (unpaired) electrons. The molecule has 0 spiro atoms. The first-order valence-electron chi connectivity index (χ1n) is 11.2. The van der Waals surface area contributed by atoms with Crippen LogP contribution in [0.2, 0.25) is 10.0 Å². The van der Waals surface area contributed by atoms with Crippen molar-refractivity contribution in [3.05, 3.63) is 110 Å². The minimum absolute atomic E-state index is 0.111. The zero-order valence-electron chi connectivity index (χ0n) is 19.4. The topological polar surface area (TPSA) is 76.3 Å². The molecular weight excluding hydrogens is 485 g/mol. The SMILES string of the molecule is C=CCC1(C)CC(c2cccc(Cl)c2)C(c2ccc(Cl)cc2)N(c2ncc([N+](=O)[O-])cc2C)C1=O. The van der Waals surface area contributed by atoms with Gasteiger partial charge in [-0.15, -0.1) is 6.58 Å². The lowest BCUT2D eigenvalue weighted by molar-refractivity contribution is -0.385. The van der Waals surface area contributed by atoms with Crippen LogP contribution in [-0.2, 0) is 4.79 Å². The summed E-state index contributed by atoms with van der Waals surface area (Å²) < 4.78 is 0. The van der Waals surface area contributed by atoms with Gasteiger partial charge in [-0.1, -0.05) is 60.5 Å². The first-order chi connectivity index (χ1) is 16.6. The molecule has 8 heteroatoms. The molecule has 1 aromatic heterocycles. The molecule has 0 N–H and O–H groups in total. The molecule has 0 bridgehead atoms. The highest BCUT2D eigenvalue weighted by Gasteiger charge is 2.50. The number of pyridine rings is 1. The van der Waals surface area contributed by atoms with Crippen molar-refractivity contribution in [1.82, 2.24) is 4.98 Å². The number of carbonyl (C=O) groups is 1. The lowest BCUT2D eigenvalue weighted by Gasteiger charge is -2.49. The second-order valence-corrected chi connectivity index (χ2v) is 10.1. The predicted molar refractivity (Wildman–Crippen MR) is 139 cm³/mol. The summed E-state index contributed by atoms with van der Waals surface area (Å²) in [6, 6.07) is 16.1. The summed E-state index contributed by atoms with van der Waals surface area (Å²) in [4.78, 5) is 31.1. The molecule has 0 aliphatic carbocycles. The van der Waals surface area contributed by atoms with Gasteiger partial charge in [0, 0.05) is 22.0 Å². The van der Waals surface area contributed by atoms with Crippen LogP contribution < -0.4 is 4.90 Å². The predicted octanol–water partition coefficient (Wildman–Crippen LogP) is 7.45. The van der Waals surface area contributed by atoms with Gasteiger partial charge in [0.25, 0.3) is 5.69 Å². The number of nitrogens with zero attached hydrogens (tertiary/aromatic N) is 3.